The van der Waals surface area contributed by atoms with E-state index in [0.29, 0.717) is 6.42 Å². The minimum Gasteiger partial charge on any atom is -0.465 e. The van der Waals surface area contributed by atoms with Gasteiger partial charge in [-0.05, 0) is 40.5 Å². The van der Waals surface area contributed by atoms with Crippen LogP contribution in [0.2, 0.25) is 0 Å². The molecule has 0 saturated heterocycles. The van der Waals surface area contributed by atoms with Gasteiger partial charge in [0.25, 0.3) is 5.91 Å². The van der Waals surface area contributed by atoms with Crippen LogP contribution < -0.4 is 5.32 Å². The maximum absolute atomic E-state index is 13.4. The minimum atomic E-state index is -1.24. The lowest BCUT2D eigenvalue weighted by Gasteiger charge is -2.42. The first-order valence-electron chi connectivity index (χ1n) is 11.6. The number of H-pyrrole nitrogens is 1. The summed E-state index contributed by atoms with van der Waals surface area (Å²) in [5.41, 5.74) is 1.19. The molecule has 2 atom stereocenters. The average Bonchev–Trinajstić information content (AvgIpc) is 3.52. The molecule has 3 aromatic rings. The van der Waals surface area contributed by atoms with E-state index in [1.807, 2.05) is 69.5 Å². The predicted molar refractivity (Wildman–Crippen MR) is 137 cm³/mol. The van der Waals surface area contributed by atoms with Gasteiger partial charge in [0.2, 0.25) is 5.78 Å². The van der Waals surface area contributed by atoms with E-state index in [9.17, 15) is 19.5 Å². The van der Waals surface area contributed by atoms with Crippen LogP contribution in [0.15, 0.2) is 54.0 Å². The SMILES string of the molecule is CCCC[C@@H](C(=O)C(=O)Nc1ccn[nH]1)N(C(=O)O)[C@@H](c1cccc(-c2cccs2)c1)C(C)(C)C. The molecule has 0 fully saturated rings. The summed E-state index contributed by atoms with van der Waals surface area (Å²) in [6.07, 6.45) is 1.82. The highest BCUT2D eigenvalue weighted by molar-refractivity contribution is 7.13. The first-order valence-corrected chi connectivity index (χ1v) is 12.5. The Kier molecular flexibility index (Phi) is 8.45. The molecule has 0 saturated carbocycles. The summed E-state index contributed by atoms with van der Waals surface area (Å²) in [4.78, 5) is 41.2. The zero-order valence-electron chi connectivity index (χ0n) is 20.4. The number of aromatic nitrogens is 2. The zero-order chi connectivity index (χ0) is 25.6. The van der Waals surface area contributed by atoms with Gasteiger partial charge >= 0.3 is 6.09 Å². The van der Waals surface area contributed by atoms with E-state index < -0.39 is 35.3 Å². The lowest BCUT2D eigenvalue weighted by atomic mass is 9.79. The summed E-state index contributed by atoms with van der Waals surface area (Å²) >= 11 is 1.60. The number of amides is 2. The van der Waals surface area contributed by atoms with Gasteiger partial charge in [-0.3, -0.25) is 19.6 Å². The highest BCUT2D eigenvalue weighted by Gasteiger charge is 2.43. The van der Waals surface area contributed by atoms with Gasteiger partial charge in [-0.25, -0.2) is 4.79 Å². The third-order valence-electron chi connectivity index (χ3n) is 5.77. The topological polar surface area (TPSA) is 115 Å². The van der Waals surface area contributed by atoms with Gasteiger partial charge in [0.1, 0.15) is 11.9 Å². The molecule has 2 heterocycles. The van der Waals surface area contributed by atoms with Crippen molar-refractivity contribution in [2.75, 3.05) is 5.32 Å². The van der Waals surface area contributed by atoms with Crippen molar-refractivity contribution < 1.29 is 19.5 Å². The summed E-state index contributed by atoms with van der Waals surface area (Å²) in [6, 6.07) is 11.5. The van der Waals surface area contributed by atoms with Crippen molar-refractivity contribution in [1.82, 2.24) is 15.1 Å². The molecule has 0 radical (unpaired) electrons. The number of ketones is 1. The summed E-state index contributed by atoms with van der Waals surface area (Å²) in [7, 11) is 0. The maximum Gasteiger partial charge on any atom is 0.408 e. The van der Waals surface area contributed by atoms with E-state index in [1.54, 1.807) is 11.3 Å². The fourth-order valence-corrected chi connectivity index (χ4v) is 4.99. The third kappa shape index (κ3) is 6.36. The Morgan fingerprint density at radius 2 is 1.94 bits per heavy atom. The molecule has 186 valence electrons. The van der Waals surface area contributed by atoms with Crippen molar-refractivity contribution in [1.29, 1.82) is 0 Å². The molecule has 8 nitrogen and oxygen atoms in total. The predicted octanol–water partition coefficient (Wildman–Crippen LogP) is 5.97. The van der Waals surface area contributed by atoms with E-state index in [1.165, 1.54) is 17.2 Å². The van der Waals surface area contributed by atoms with Crippen LogP contribution >= 0.6 is 11.3 Å². The van der Waals surface area contributed by atoms with Crippen LogP contribution in [0.5, 0.6) is 0 Å². The number of anilines is 1. The molecule has 0 aliphatic heterocycles. The fourth-order valence-electron chi connectivity index (χ4n) is 4.26. The summed E-state index contributed by atoms with van der Waals surface area (Å²) in [6.45, 7) is 7.79. The number of carbonyl (C=O) groups is 3. The first-order chi connectivity index (χ1) is 16.6. The molecule has 0 aliphatic carbocycles. The summed E-state index contributed by atoms with van der Waals surface area (Å²) in [5.74, 6) is -1.39. The molecule has 0 spiro atoms. The summed E-state index contributed by atoms with van der Waals surface area (Å²) in [5, 5.41) is 21.2. The van der Waals surface area contributed by atoms with E-state index in [0.717, 1.165) is 22.4 Å². The number of hydrogen-bond donors (Lipinski definition) is 3. The van der Waals surface area contributed by atoms with Crippen molar-refractivity contribution in [3.05, 3.63) is 59.6 Å². The number of rotatable bonds is 10. The Balaban J connectivity index is 2.04. The van der Waals surface area contributed by atoms with Crippen LogP contribution in [-0.4, -0.2) is 44.0 Å². The van der Waals surface area contributed by atoms with Crippen LogP contribution in [0.25, 0.3) is 10.4 Å². The monoisotopic (exact) mass is 496 g/mol. The molecule has 0 aliphatic rings. The smallest absolute Gasteiger partial charge is 0.408 e. The number of benzene rings is 1. The number of nitrogens with zero attached hydrogens (tertiary/aromatic N) is 2. The number of Topliss-reactive ketones (excluding diaryl/α,β-unsaturated/α-hetero) is 1. The number of carbonyl (C=O) groups excluding carboxylic acids is 2. The van der Waals surface area contributed by atoms with E-state index >= 15 is 0 Å². The number of carboxylic acid groups (broad SMARTS) is 1. The summed E-state index contributed by atoms with van der Waals surface area (Å²) < 4.78 is 0. The lowest BCUT2D eigenvalue weighted by Crippen LogP contribution is -2.52. The fraction of sp³-hybridized carbons (Fsp3) is 0.385. The van der Waals surface area contributed by atoms with Gasteiger partial charge in [-0.15, -0.1) is 11.3 Å². The van der Waals surface area contributed by atoms with E-state index in [4.69, 9.17) is 0 Å². The van der Waals surface area contributed by atoms with Crippen LogP contribution in [0.4, 0.5) is 10.6 Å². The van der Waals surface area contributed by atoms with Crippen molar-refractivity contribution in [3.8, 4) is 10.4 Å². The van der Waals surface area contributed by atoms with Gasteiger partial charge in [0, 0.05) is 10.9 Å². The normalized spacial score (nSPS) is 13.1. The van der Waals surface area contributed by atoms with Crippen LogP contribution in [-0.2, 0) is 9.59 Å². The highest BCUT2D eigenvalue weighted by Crippen LogP contribution is 2.41. The van der Waals surface area contributed by atoms with Crippen molar-refractivity contribution >= 4 is 34.9 Å². The molecule has 2 aromatic heterocycles. The standard InChI is InChI=1S/C26H32N4O4S/c1-5-6-11-19(22(31)24(32)28-21-13-14-27-29-21)30(25(33)34)23(26(2,3)4)18-10-7-9-17(16-18)20-12-8-15-35-20/h7-10,12-16,19,23H,5-6,11H2,1-4H3,(H,33,34)(H2,27,28,29,32)/t19-,23-/m0/s1. The third-order valence-corrected chi connectivity index (χ3v) is 6.69. The zero-order valence-corrected chi connectivity index (χ0v) is 21.3. The second-order valence-corrected chi connectivity index (χ2v) is 10.5. The molecule has 0 unspecified atom stereocenters. The first kappa shape index (κ1) is 26.2. The molecule has 1 aromatic carbocycles. The molecule has 35 heavy (non-hydrogen) atoms. The van der Waals surface area contributed by atoms with Crippen LogP contribution in [0.1, 0.15) is 58.6 Å². The second-order valence-electron chi connectivity index (χ2n) is 9.51. The number of unbranched alkanes of at least 4 members (excludes halogenated alkanes) is 1. The Hall–Kier alpha value is -3.46. The van der Waals surface area contributed by atoms with Gasteiger partial charge in [-0.1, -0.05) is 64.8 Å². The molecule has 3 rings (SSSR count). The number of nitrogens with one attached hydrogen (secondary N) is 2. The molecular weight excluding hydrogens is 464 g/mol. The van der Waals surface area contributed by atoms with Crippen LogP contribution in [0.3, 0.4) is 0 Å². The molecule has 9 heteroatoms. The van der Waals surface area contributed by atoms with Crippen molar-refractivity contribution in [2.45, 2.75) is 59.0 Å². The number of hydrogen-bond acceptors (Lipinski definition) is 5. The number of aromatic amines is 1. The second kappa shape index (κ2) is 11.3. The van der Waals surface area contributed by atoms with Gasteiger partial charge in [-0.2, -0.15) is 5.10 Å². The average molecular weight is 497 g/mol. The quantitative estimate of drug-likeness (QED) is 0.299. The Morgan fingerprint density at radius 1 is 1.17 bits per heavy atom. The maximum atomic E-state index is 13.4. The van der Waals surface area contributed by atoms with E-state index in [2.05, 4.69) is 15.5 Å². The molecular formula is C26H32N4O4S. The van der Waals surface area contributed by atoms with Gasteiger partial charge in [0.05, 0.1) is 12.2 Å². The van der Waals surface area contributed by atoms with Gasteiger partial charge < -0.3 is 10.4 Å². The van der Waals surface area contributed by atoms with Crippen molar-refractivity contribution in [3.63, 3.8) is 0 Å². The lowest BCUT2D eigenvalue weighted by molar-refractivity contribution is -0.139. The Morgan fingerprint density at radius 3 is 2.51 bits per heavy atom. The molecule has 2 amide bonds. The highest BCUT2D eigenvalue weighted by atomic mass is 32.1. The van der Waals surface area contributed by atoms with Gasteiger partial charge in [0.15, 0.2) is 0 Å². The molecule has 0 bridgehead atoms. The largest absolute Gasteiger partial charge is 0.465 e. The van der Waals surface area contributed by atoms with E-state index in [-0.39, 0.29) is 12.2 Å². The molecule has 3 N–H and O–H groups in total. The Bertz CT molecular complexity index is 1140. The van der Waals surface area contributed by atoms with Crippen molar-refractivity contribution in [2.24, 2.45) is 5.41 Å². The minimum absolute atomic E-state index is 0.245. The number of thiophene rings is 1. The van der Waals surface area contributed by atoms with Crippen LogP contribution in [0, 0.1) is 5.41 Å². The Labute approximate surface area is 209 Å².